The van der Waals surface area contributed by atoms with E-state index in [1.54, 1.807) is 35.9 Å². The maximum atomic E-state index is 13.0. The van der Waals surface area contributed by atoms with Crippen LogP contribution >= 0.6 is 23.2 Å². The number of sulfonamides is 1. The molecule has 3 aromatic heterocycles. The molecule has 57 heavy (non-hydrogen) atoms. The monoisotopic (exact) mass is 863 g/mol. The van der Waals surface area contributed by atoms with Gasteiger partial charge in [-0.3, -0.25) is 19.3 Å². The summed E-state index contributed by atoms with van der Waals surface area (Å²) < 4.78 is 68.3. The molecule has 0 atom stereocenters. The molecule has 0 radical (unpaired) electrons. The number of imidazole rings is 1. The summed E-state index contributed by atoms with van der Waals surface area (Å²) in [6.07, 6.45) is 5.77. The molecule has 1 aliphatic heterocycles. The number of fused-ring (bicyclic) bond motifs is 1. The third kappa shape index (κ3) is 9.36. The quantitative estimate of drug-likeness (QED) is 0.119. The van der Waals surface area contributed by atoms with Gasteiger partial charge in [0.15, 0.2) is 19.9 Å². The molecule has 0 unspecified atom stereocenters. The normalized spacial score (nSPS) is 14.5. The first-order chi connectivity index (χ1) is 27.0. The number of aromatic nitrogens is 4. The van der Waals surface area contributed by atoms with E-state index in [1.807, 2.05) is 0 Å². The predicted octanol–water partition coefficient (Wildman–Crippen LogP) is 4.67. The van der Waals surface area contributed by atoms with Crippen molar-refractivity contribution in [1.82, 2.24) is 24.1 Å². The number of halogens is 2. The van der Waals surface area contributed by atoms with Gasteiger partial charge >= 0.3 is 12.0 Å². The van der Waals surface area contributed by atoms with Crippen LogP contribution in [0.15, 0.2) is 74.9 Å². The molecule has 6 rings (SSSR count). The van der Waals surface area contributed by atoms with Crippen molar-refractivity contribution < 1.29 is 50.2 Å². The molecule has 302 valence electrons. The van der Waals surface area contributed by atoms with Gasteiger partial charge in [-0.15, -0.1) is 0 Å². The van der Waals surface area contributed by atoms with E-state index in [4.69, 9.17) is 37.4 Å². The smallest absolute Gasteiger partial charge is 0.349 e. The molecule has 0 saturated heterocycles. The summed E-state index contributed by atoms with van der Waals surface area (Å²) >= 11 is 12.1. The molecule has 0 spiro atoms. The number of amides is 4. The Kier molecular flexibility index (Phi) is 13.2. The zero-order chi connectivity index (χ0) is 41.7. The topological polar surface area (TPSA) is 235 Å². The fraction of sp³-hybridized carbons (Fsp3) is 0.286. The van der Waals surface area contributed by atoms with Crippen LogP contribution < -0.4 is 24.4 Å². The highest BCUT2D eigenvalue weighted by Gasteiger charge is 2.40. The molecule has 0 bridgehead atoms. The summed E-state index contributed by atoms with van der Waals surface area (Å²) in [5, 5.41) is 0.987. The largest absolute Gasteiger partial charge is 0.481 e. The van der Waals surface area contributed by atoms with Gasteiger partial charge in [0.1, 0.15) is 10.7 Å². The van der Waals surface area contributed by atoms with Gasteiger partial charge < -0.3 is 14.2 Å². The standard InChI is InChI=1S/C19H17Cl2NO4.C16H18N6O7S2/c1-2-26-19(25)16(21)10-11-9-12(7-8-15(11)20)22-17(23)13-5-3-4-6-14(13)18(22)24;1-4-30(24,25)13-14(22-8-6-5-7-10(22)17-13)31(26,27)21-16(23)20-15-18-11(28-2)9-12(19-15)29-3/h7-10H,2-6H2,1H3;5-9H,4H2,1-3H3,(H2,18,19,20,21,23)/b16-10-;. The number of rotatable bonds is 11. The molecule has 0 fully saturated rings. The Morgan fingerprint density at radius 2 is 1.54 bits per heavy atom. The zero-order valence-corrected chi connectivity index (χ0v) is 33.9. The van der Waals surface area contributed by atoms with Crippen LogP contribution in [0, 0.1) is 0 Å². The Balaban J connectivity index is 0.000000221. The molecular weight excluding hydrogens is 829 g/mol. The first kappa shape index (κ1) is 42.6. The second kappa shape index (κ2) is 17.7. The third-order valence-corrected chi connectivity index (χ3v) is 12.0. The number of carbonyl (C=O) groups is 4. The first-order valence-electron chi connectivity index (χ1n) is 17.0. The molecule has 22 heteroatoms. The molecular formula is C35H35Cl2N7O11S2. The van der Waals surface area contributed by atoms with Gasteiger partial charge in [0.2, 0.25) is 17.7 Å². The molecule has 2 aliphatic rings. The average molecular weight is 865 g/mol. The number of ether oxygens (including phenoxy) is 3. The first-order valence-corrected chi connectivity index (χ1v) is 20.9. The summed E-state index contributed by atoms with van der Waals surface area (Å²) in [6, 6.07) is 9.34. The predicted molar refractivity (Wildman–Crippen MR) is 207 cm³/mol. The Morgan fingerprint density at radius 3 is 2.12 bits per heavy atom. The van der Waals surface area contributed by atoms with Crippen molar-refractivity contribution in [2.24, 2.45) is 0 Å². The number of imide groups is 1. The highest BCUT2D eigenvalue weighted by atomic mass is 35.5. The second-order valence-electron chi connectivity index (χ2n) is 11.9. The van der Waals surface area contributed by atoms with E-state index in [2.05, 4.69) is 20.3 Å². The summed E-state index contributed by atoms with van der Waals surface area (Å²) in [5.41, 5.74) is 2.12. The number of methoxy groups -OCH3 is 2. The molecule has 1 aliphatic carbocycles. The maximum Gasteiger partial charge on any atom is 0.349 e. The number of sulfone groups is 1. The Morgan fingerprint density at radius 1 is 0.912 bits per heavy atom. The van der Waals surface area contributed by atoms with Crippen molar-refractivity contribution in [1.29, 1.82) is 0 Å². The number of urea groups is 1. The number of hydrogen-bond acceptors (Lipinski definition) is 14. The van der Waals surface area contributed by atoms with Gasteiger partial charge in [-0.25, -0.2) is 32.6 Å². The SMILES string of the molecule is CCOC(=O)/C(Cl)=C/c1cc(N2C(=O)C3=C(CCCC3)C2=O)ccc1Cl.CCS(=O)(=O)c1nc2ccccn2c1S(=O)(=O)NC(=O)Nc1nc(OC)cc(OC)n1. The zero-order valence-electron chi connectivity index (χ0n) is 30.7. The maximum absolute atomic E-state index is 13.0. The minimum atomic E-state index is -4.68. The van der Waals surface area contributed by atoms with Crippen molar-refractivity contribution in [2.45, 2.75) is 49.6 Å². The van der Waals surface area contributed by atoms with Gasteiger partial charge in [0, 0.05) is 22.4 Å². The van der Waals surface area contributed by atoms with Gasteiger partial charge in [-0.05, 0) is 74.6 Å². The van der Waals surface area contributed by atoms with Crippen molar-refractivity contribution in [3.05, 3.63) is 75.4 Å². The lowest BCUT2D eigenvalue weighted by molar-refractivity contribution is -0.137. The van der Waals surface area contributed by atoms with Crippen molar-refractivity contribution in [3.8, 4) is 11.8 Å². The minimum Gasteiger partial charge on any atom is -0.481 e. The van der Waals surface area contributed by atoms with Gasteiger partial charge in [0.05, 0.1) is 38.3 Å². The molecule has 2 N–H and O–H groups in total. The highest BCUT2D eigenvalue weighted by molar-refractivity contribution is 7.93. The third-order valence-electron chi connectivity index (χ3n) is 8.32. The number of hydrogen-bond donors (Lipinski definition) is 2. The molecule has 4 aromatic rings. The van der Waals surface area contributed by atoms with Crippen molar-refractivity contribution in [3.63, 3.8) is 0 Å². The minimum absolute atomic E-state index is 0.0584. The number of benzene rings is 1. The number of anilines is 2. The number of esters is 1. The fourth-order valence-electron chi connectivity index (χ4n) is 5.65. The number of nitrogens with zero attached hydrogens (tertiary/aromatic N) is 5. The molecule has 0 saturated carbocycles. The Hall–Kier alpha value is -5.57. The number of nitrogens with one attached hydrogen (secondary N) is 2. The van der Waals surface area contributed by atoms with Crippen LogP contribution in [0.4, 0.5) is 16.4 Å². The summed E-state index contributed by atoms with van der Waals surface area (Å²) in [7, 11) is -6.04. The van der Waals surface area contributed by atoms with E-state index < -0.39 is 41.9 Å². The Bertz CT molecular complexity index is 2510. The van der Waals surface area contributed by atoms with Crippen molar-refractivity contribution >= 4 is 90.2 Å². The lowest BCUT2D eigenvalue weighted by Gasteiger charge is -2.16. The van der Waals surface area contributed by atoms with Crippen LogP contribution in [0.2, 0.25) is 5.02 Å². The van der Waals surface area contributed by atoms with Crippen LogP contribution in [-0.2, 0) is 39.0 Å². The van der Waals surface area contributed by atoms with Gasteiger partial charge in [-0.1, -0.05) is 36.2 Å². The van der Waals surface area contributed by atoms with Crippen LogP contribution in [0.25, 0.3) is 11.7 Å². The van der Waals surface area contributed by atoms with Crippen LogP contribution in [0.5, 0.6) is 11.8 Å². The van der Waals surface area contributed by atoms with E-state index in [0.29, 0.717) is 40.3 Å². The van der Waals surface area contributed by atoms with Crippen molar-refractivity contribution in [2.75, 3.05) is 36.8 Å². The van der Waals surface area contributed by atoms with Crippen LogP contribution in [0.1, 0.15) is 45.1 Å². The van der Waals surface area contributed by atoms with E-state index >= 15 is 0 Å². The fourth-order valence-corrected chi connectivity index (χ4v) is 8.66. The van der Waals surface area contributed by atoms with E-state index in [9.17, 15) is 36.0 Å². The lowest BCUT2D eigenvalue weighted by atomic mass is 9.93. The molecule has 18 nitrogen and oxygen atoms in total. The Labute approximate surface area is 336 Å². The lowest BCUT2D eigenvalue weighted by Crippen LogP contribution is -2.36. The molecule has 4 amide bonds. The van der Waals surface area contributed by atoms with Crippen LogP contribution in [-0.4, -0.2) is 86.6 Å². The van der Waals surface area contributed by atoms with E-state index in [0.717, 1.165) is 17.2 Å². The van der Waals surface area contributed by atoms with Gasteiger partial charge in [0.25, 0.3) is 21.8 Å². The second-order valence-corrected chi connectivity index (χ2v) is 16.5. The summed E-state index contributed by atoms with van der Waals surface area (Å²) in [5.74, 6) is -1.80. The van der Waals surface area contributed by atoms with E-state index in [-0.39, 0.29) is 52.6 Å². The molecule has 1 aromatic carbocycles. The summed E-state index contributed by atoms with van der Waals surface area (Å²) in [6.45, 7) is 3.23. The highest BCUT2D eigenvalue weighted by Crippen LogP contribution is 2.37. The number of carbonyl (C=O) groups excluding carboxylic acids is 4. The average Bonchev–Trinajstić information content (AvgIpc) is 3.72. The number of pyridine rings is 1. The van der Waals surface area contributed by atoms with Gasteiger partial charge in [-0.2, -0.15) is 18.4 Å². The summed E-state index contributed by atoms with van der Waals surface area (Å²) in [4.78, 5) is 62.2. The van der Waals surface area contributed by atoms with E-state index in [1.165, 1.54) is 56.5 Å². The molecule has 4 heterocycles. The van der Waals surface area contributed by atoms with Crippen LogP contribution in [0.3, 0.4) is 0 Å².